The van der Waals surface area contributed by atoms with Crippen LogP contribution in [0.4, 0.5) is 27.6 Å². The number of benzene rings is 2. The highest BCUT2D eigenvalue weighted by Crippen LogP contribution is 2.27. The number of halogens is 5. The standard InChI is InChI=1S/C18H14F5NO5/c1-27-9-2-4-10(5-3-9)28-7-6-12(26)29-8-11(25)24-18-16(22)14(20)13(19)15(21)17(18)23/h2-5H,6-8H2,1H3,(H,24,25). The van der Waals surface area contributed by atoms with Gasteiger partial charge in [-0.1, -0.05) is 0 Å². The molecule has 11 heteroatoms. The summed E-state index contributed by atoms with van der Waals surface area (Å²) >= 11 is 0. The van der Waals surface area contributed by atoms with Gasteiger partial charge in [0.25, 0.3) is 5.91 Å². The van der Waals surface area contributed by atoms with Crippen LogP contribution in [0.15, 0.2) is 24.3 Å². The van der Waals surface area contributed by atoms with Crippen LogP contribution in [0.5, 0.6) is 11.5 Å². The molecule has 29 heavy (non-hydrogen) atoms. The molecular weight excluding hydrogens is 405 g/mol. The number of amides is 1. The fourth-order valence-electron chi connectivity index (χ4n) is 2.03. The summed E-state index contributed by atoms with van der Waals surface area (Å²) in [6, 6.07) is 6.47. The van der Waals surface area contributed by atoms with E-state index in [0.717, 1.165) is 0 Å². The van der Waals surface area contributed by atoms with E-state index < -0.39 is 53.3 Å². The van der Waals surface area contributed by atoms with Crippen LogP contribution in [0.25, 0.3) is 0 Å². The van der Waals surface area contributed by atoms with E-state index in [4.69, 9.17) is 9.47 Å². The van der Waals surface area contributed by atoms with E-state index in [1.54, 1.807) is 24.3 Å². The molecule has 6 nitrogen and oxygen atoms in total. The second-order valence-corrected chi connectivity index (χ2v) is 5.43. The first kappa shape index (κ1) is 21.9. The lowest BCUT2D eigenvalue weighted by Gasteiger charge is -2.10. The SMILES string of the molecule is COc1ccc(OCCC(=O)OCC(=O)Nc2c(F)c(F)c(F)c(F)c2F)cc1. The Morgan fingerprint density at radius 2 is 1.38 bits per heavy atom. The molecule has 0 atom stereocenters. The molecule has 2 aromatic rings. The quantitative estimate of drug-likeness (QED) is 0.308. The lowest BCUT2D eigenvalue weighted by atomic mass is 10.2. The summed E-state index contributed by atoms with van der Waals surface area (Å²) in [5, 5.41) is 1.48. The largest absolute Gasteiger partial charge is 0.497 e. The number of anilines is 1. The Morgan fingerprint density at radius 1 is 0.862 bits per heavy atom. The van der Waals surface area contributed by atoms with E-state index in [9.17, 15) is 31.5 Å². The van der Waals surface area contributed by atoms with E-state index >= 15 is 0 Å². The number of hydrogen-bond acceptors (Lipinski definition) is 5. The molecule has 0 saturated heterocycles. The number of carbonyl (C=O) groups excluding carboxylic acids is 2. The van der Waals surface area contributed by atoms with Crippen LogP contribution in [-0.2, 0) is 14.3 Å². The number of rotatable bonds is 8. The zero-order chi connectivity index (χ0) is 21.6. The summed E-state index contributed by atoms with van der Waals surface area (Å²) in [4.78, 5) is 23.1. The van der Waals surface area contributed by atoms with Crippen LogP contribution in [0, 0.1) is 29.1 Å². The first-order valence-corrected chi connectivity index (χ1v) is 7.98. The van der Waals surface area contributed by atoms with Crippen LogP contribution in [0.1, 0.15) is 6.42 Å². The summed E-state index contributed by atoms with van der Waals surface area (Å²) < 4.78 is 80.8. The number of hydrogen-bond donors (Lipinski definition) is 1. The molecule has 0 radical (unpaired) electrons. The van der Waals surface area contributed by atoms with Gasteiger partial charge in [-0.2, -0.15) is 0 Å². The van der Waals surface area contributed by atoms with Gasteiger partial charge in [-0.15, -0.1) is 0 Å². The molecular formula is C18H14F5NO5. The van der Waals surface area contributed by atoms with Crippen molar-refractivity contribution in [2.75, 3.05) is 25.6 Å². The average molecular weight is 419 g/mol. The highest BCUT2D eigenvalue weighted by molar-refractivity contribution is 5.93. The molecule has 0 spiro atoms. The summed E-state index contributed by atoms with van der Waals surface area (Å²) in [6.07, 6.45) is -0.262. The van der Waals surface area contributed by atoms with E-state index in [1.807, 2.05) is 0 Å². The Kier molecular flexibility index (Phi) is 7.34. The summed E-state index contributed by atoms with van der Waals surface area (Å²) in [7, 11) is 1.49. The minimum atomic E-state index is -2.36. The van der Waals surface area contributed by atoms with Crippen molar-refractivity contribution in [3.8, 4) is 11.5 Å². The molecule has 0 aliphatic heterocycles. The Balaban J connectivity index is 1.81. The molecule has 0 fully saturated rings. The highest BCUT2D eigenvalue weighted by Gasteiger charge is 2.27. The normalized spacial score (nSPS) is 10.4. The van der Waals surface area contributed by atoms with Crippen molar-refractivity contribution in [1.82, 2.24) is 0 Å². The van der Waals surface area contributed by atoms with E-state index in [1.165, 1.54) is 12.4 Å². The average Bonchev–Trinajstić information content (AvgIpc) is 2.73. The van der Waals surface area contributed by atoms with E-state index in [-0.39, 0.29) is 13.0 Å². The molecule has 0 saturated carbocycles. The summed E-state index contributed by atoms with van der Waals surface area (Å²) in [5.74, 6) is -12.3. The molecule has 2 aromatic carbocycles. The second-order valence-electron chi connectivity index (χ2n) is 5.43. The van der Waals surface area contributed by atoms with Crippen molar-refractivity contribution in [3.05, 3.63) is 53.4 Å². The number of carbonyl (C=O) groups is 2. The molecule has 1 N–H and O–H groups in total. The van der Waals surface area contributed by atoms with Crippen molar-refractivity contribution >= 4 is 17.6 Å². The molecule has 2 rings (SSSR count). The molecule has 0 aromatic heterocycles. The minimum Gasteiger partial charge on any atom is -0.497 e. The fourth-order valence-corrected chi connectivity index (χ4v) is 2.03. The number of ether oxygens (including phenoxy) is 3. The van der Waals surface area contributed by atoms with E-state index in [2.05, 4.69) is 4.74 Å². The molecule has 0 bridgehead atoms. The van der Waals surface area contributed by atoms with Gasteiger partial charge in [0, 0.05) is 0 Å². The van der Waals surface area contributed by atoms with Gasteiger partial charge in [0.2, 0.25) is 5.82 Å². The Hall–Kier alpha value is -3.37. The Bertz CT molecular complexity index is 876. The van der Waals surface area contributed by atoms with Crippen LogP contribution in [0.3, 0.4) is 0 Å². The number of esters is 1. The zero-order valence-electron chi connectivity index (χ0n) is 14.9. The van der Waals surface area contributed by atoms with Crippen molar-refractivity contribution in [2.45, 2.75) is 6.42 Å². The molecule has 156 valence electrons. The van der Waals surface area contributed by atoms with Gasteiger partial charge in [-0.25, -0.2) is 22.0 Å². The Morgan fingerprint density at radius 3 is 1.93 bits per heavy atom. The Labute approximate surface area is 161 Å². The third kappa shape index (κ3) is 5.56. The van der Waals surface area contributed by atoms with Gasteiger partial charge < -0.3 is 19.5 Å². The van der Waals surface area contributed by atoms with Crippen molar-refractivity contribution in [3.63, 3.8) is 0 Å². The van der Waals surface area contributed by atoms with Crippen molar-refractivity contribution < 1.29 is 45.8 Å². The topological polar surface area (TPSA) is 73.9 Å². The minimum absolute atomic E-state index is 0.0928. The zero-order valence-corrected chi connectivity index (χ0v) is 14.9. The van der Waals surface area contributed by atoms with Crippen molar-refractivity contribution in [2.24, 2.45) is 0 Å². The predicted octanol–water partition coefficient (Wildman–Crippen LogP) is 3.34. The third-order valence-corrected chi connectivity index (χ3v) is 3.47. The summed E-state index contributed by atoms with van der Waals surface area (Å²) in [5.41, 5.74) is -1.54. The van der Waals surface area contributed by atoms with Crippen LogP contribution < -0.4 is 14.8 Å². The van der Waals surface area contributed by atoms with Crippen LogP contribution in [-0.4, -0.2) is 32.2 Å². The maximum absolute atomic E-state index is 13.5. The lowest BCUT2D eigenvalue weighted by molar-refractivity contribution is -0.147. The van der Waals surface area contributed by atoms with Crippen molar-refractivity contribution in [1.29, 1.82) is 0 Å². The van der Waals surface area contributed by atoms with Crippen LogP contribution >= 0.6 is 0 Å². The van der Waals surface area contributed by atoms with Gasteiger partial charge in [0.15, 0.2) is 29.9 Å². The van der Waals surface area contributed by atoms with Gasteiger partial charge >= 0.3 is 5.97 Å². The molecule has 1 amide bonds. The van der Waals surface area contributed by atoms with Crippen LogP contribution in [0.2, 0.25) is 0 Å². The fraction of sp³-hybridized carbons (Fsp3) is 0.222. The number of nitrogens with one attached hydrogen (secondary N) is 1. The van der Waals surface area contributed by atoms with Gasteiger partial charge in [-0.05, 0) is 24.3 Å². The molecule has 0 heterocycles. The van der Waals surface area contributed by atoms with E-state index in [0.29, 0.717) is 11.5 Å². The summed E-state index contributed by atoms with van der Waals surface area (Å²) in [6.45, 7) is -1.09. The number of methoxy groups -OCH3 is 1. The smallest absolute Gasteiger partial charge is 0.309 e. The monoisotopic (exact) mass is 419 g/mol. The molecule has 0 unspecified atom stereocenters. The second kappa shape index (κ2) is 9.71. The molecule has 0 aliphatic rings. The third-order valence-electron chi connectivity index (χ3n) is 3.47. The van der Waals surface area contributed by atoms with Gasteiger partial charge in [-0.3, -0.25) is 9.59 Å². The van der Waals surface area contributed by atoms with Gasteiger partial charge in [0.05, 0.1) is 20.1 Å². The predicted molar refractivity (Wildman–Crippen MR) is 88.9 cm³/mol. The first-order chi connectivity index (χ1) is 13.7. The molecule has 0 aliphatic carbocycles. The maximum Gasteiger partial charge on any atom is 0.309 e. The lowest BCUT2D eigenvalue weighted by Crippen LogP contribution is -2.23. The first-order valence-electron chi connectivity index (χ1n) is 7.98. The van der Waals surface area contributed by atoms with Gasteiger partial charge in [0.1, 0.15) is 17.2 Å². The highest BCUT2D eigenvalue weighted by atomic mass is 19.2. The maximum atomic E-state index is 13.5.